The highest BCUT2D eigenvalue weighted by atomic mass is 16.3. The van der Waals surface area contributed by atoms with Gasteiger partial charge in [0.05, 0.1) is 0 Å². The lowest BCUT2D eigenvalue weighted by molar-refractivity contribution is 0.669. The van der Waals surface area contributed by atoms with E-state index in [9.17, 15) is 0 Å². The maximum atomic E-state index is 6.29. The van der Waals surface area contributed by atoms with Crippen LogP contribution in [0.25, 0.3) is 121 Å². The molecule has 0 saturated carbocycles. The fourth-order valence-electron chi connectivity index (χ4n) is 8.41. The summed E-state index contributed by atoms with van der Waals surface area (Å²) in [6, 6.07) is 61.1. The van der Waals surface area contributed by atoms with Gasteiger partial charge >= 0.3 is 0 Å². The smallest absolute Gasteiger partial charge is 0.164 e. The van der Waals surface area contributed by atoms with Crippen molar-refractivity contribution in [3.8, 4) is 45.3 Å². The number of para-hydroxylation sites is 2. The Bertz CT molecular complexity index is 3540. The topological polar surface area (TPSA) is 65.0 Å². The van der Waals surface area contributed by atoms with Crippen LogP contribution in [0.3, 0.4) is 0 Å². The lowest BCUT2D eigenvalue weighted by atomic mass is 9.96. The Morgan fingerprint density at radius 2 is 0.893 bits per heavy atom. The Morgan fingerprint density at radius 3 is 1.73 bits per heavy atom. The fraction of sp³-hybridized carbons (Fsp3) is 0. The molecule has 5 nitrogen and oxygen atoms in total. The zero-order valence-corrected chi connectivity index (χ0v) is 29.9. The van der Waals surface area contributed by atoms with Gasteiger partial charge in [0.15, 0.2) is 17.5 Å². The number of benzene rings is 9. The van der Waals surface area contributed by atoms with Gasteiger partial charge in [0, 0.05) is 38.2 Å². The first kappa shape index (κ1) is 30.8. The first-order valence-corrected chi connectivity index (χ1v) is 18.8. The molecular weight excluding hydrogens is 687 g/mol. The largest absolute Gasteiger partial charge is 0.456 e. The third kappa shape index (κ3) is 4.78. The quantitative estimate of drug-likeness (QED) is 0.170. The van der Waals surface area contributed by atoms with E-state index in [-0.39, 0.29) is 0 Å². The molecular formula is C51H29N3O2. The van der Waals surface area contributed by atoms with E-state index in [4.69, 9.17) is 23.8 Å². The summed E-state index contributed by atoms with van der Waals surface area (Å²) in [5.41, 5.74) is 8.40. The zero-order chi connectivity index (χ0) is 36.7. The first-order chi connectivity index (χ1) is 27.7. The molecule has 3 aromatic heterocycles. The minimum Gasteiger partial charge on any atom is -0.456 e. The van der Waals surface area contributed by atoms with Crippen molar-refractivity contribution in [2.75, 3.05) is 0 Å². The summed E-state index contributed by atoms with van der Waals surface area (Å²) >= 11 is 0. The van der Waals surface area contributed by atoms with E-state index in [1.807, 2.05) is 42.5 Å². The van der Waals surface area contributed by atoms with Crippen LogP contribution < -0.4 is 0 Å². The number of nitrogens with zero attached hydrogens (tertiary/aromatic N) is 3. The molecule has 0 unspecified atom stereocenters. The lowest BCUT2D eigenvalue weighted by Gasteiger charge is -2.13. The molecule has 3 heterocycles. The number of hydrogen-bond donors (Lipinski definition) is 0. The summed E-state index contributed by atoms with van der Waals surface area (Å²) in [5.74, 6) is 1.81. The summed E-state index contributed by atoms with van der Waals surface area (Å²) in [7, 11) is 0. The molecule has 0 atom stereocenters. The molecule has 0 spiro atoms. The third-order valence-corrected chi connectivity index (χ3v) is 11.1. The SMILES string of the molecule is c1ccc2c(c1)cc(-c1nc(-c3ccc(-c4ccc5cc6c(cc5c4)oc4ccccc46)cc3)nc(-c3cccc4oc5ccccc5c34)n1)c1ccccc12. The predicted molar refractivity (Wildman–Crippen MR) is 229 cm³/mol. The van der Waals surface area contributed by atoms with Gasteiger partial charge in [0.25, 0.3) is 0 Å². The van der Waals surface area contributed by atoms with Crippen LogP contribution >= 0.6 is 0 Å². The van der Waals surface area contributed by atoms with Gasteiger partial charge in [-0.1, -0.05) is 133 Å². The van der Waals surface area contributed by atoms with Gasteiger partial charge in [-0.3, -0.25) is 0 Å². The average Bonchev–Trinajstić information content (AvgIpc) is 3.83. The highest BCUT2D eigenvalue weighted by Crippen LogP contribution is 2.39. The summed E-state index contributed by atoms with van der Waals surface area (Å²) in [4.78, 5) is 15.7. The average molecular weight is 716 g/mol. The molecule has 0 bridgehead atoms. The van der Waals surface area contributed by atoms with E-state index in [2.05, 4.69) is 133 Å². The number of aromatic nitrogens is 3. The van der Waals surface area contributed by atoms with Crippen LogP contribution in [0.4, 0.5) is 0 Å². The Kier molecular flexibility index (Phi) is 6.56. The Hall–Kier alpha value is -7.63. The van der Waals surface area contributed by atoms with Crippen molar-refractivity contribution in [2.24, 2.45) is 0 Å². The Morgan fingerprint density at radius 1 is 0.286 bits per heavy atom. The molecule has 0 saturated heterocycles. The Labute approximate surface area is 320 Å². The highest BCUT2D eigenvalue weighted by molar-refractivity contribution is 6.14. The van der Waals surface area contributed by atoms with Gasteiger partial charge in [0.2, 0.25) is 0 Å². The molecule has 9 aromatic carbocycles. The summed E-state index contributed by atoms with van der Waals surface area (Å²) in [5, 5.41) is 11.2. The second-order valence-corrected chi connectivity index (χ2v) is 14.4. The monoisotopic (exact) mass is 715 g/mol. The van der Waals surface area contributed by atoms with Gasteiger partial charge in [0.1, 0.15) is 22.3 Å². The van der Waals surface area contributed by atoms with Crippen molar-refractivity contribution >= 4 is 76.2 Å². The van der Waals surface area contributed by atoms with E-state index in [0.717, 1.165) is 93.2 Å². The van der Waals surface area contributed by atoms with Crippen LogP contribution in [0.2, 0.25) is 0 Å². The van der Waals surface area contributed by atoms with Crippen molar-refractivity contribution in [1.29, 1.82) is 0 Å². The van der Waals surface area contributed by atoms with Crippen molar-refractivity contribution in [3.05, 3.63) is 176 Å². The lowest BCUT2D eigenvalue weighted by Crippen LogP contribution is -2.01. The molecule has 0 amide bonds. The molecule has 12 aromatic rings. The van der Waals surface area contributed by atoms with Crippen LogP contribution in [0.5, 0.6) is 0 Å². The summed E-state index contributed by atoms with van der Waals surface area (Å²) < 4.78 is 12.5. The van der Waals surface area contributed by atoms with Crippen LogP contribution in [-0.2, 0) is 0 Å². The first-order valence-electron chi connectivity index (χ1n) is 18.8. The van der Waals surface area contributed by atoms with E-state index < -0.39 is 0 Å². The van der Waals surface area contributed by atoms with Crippen molar-refractivity contribution < 1.29 is 8.83 Å². The third-order valence-electron chi connectivity index (χ3n) is 11.1. The molecule has 56 heavy (non-hydrogen) atoms. The standard InChI is InChI=1S/C51H29N3O2/c1-2-11-36-34(10-1)28-43(38-13-4-3-12-37(36)38)51-53-49(52-50(54-51)41-16-9-19-46-48(41)40-15-6-8-18-45(40)55-46)31-22-20-30(21-23-31)32-24-25-33-27-42-39-14-5-7-17-44(39)56-47(42)29-35(33)26-32/h1-29H. The predicted octanol–water partition coefficient (Wildman–Crippen LogP) is 13.8. The minimum absolute atomic E-state index is 0.593. The second-order valence-electron chi connectivity index (χ2n) is 14.4. The second kappa shape index (κ2) is 11.9. The van der Waals surface area contributed by atoms with Gasteiger partial charge < -0.3 is 8.83 Å². The fourth-order valence-corrected chi connectivity index (χ4v) is 8.41. The Balaban J connectivity index is 1.02. The number of furan rings is 2. The van der Waals surface area contributed by atoms with E-state index in [1.165, 1.54) is 10.8 Å². The number of fused-ring (bicyclic) bond motifs is 10. The summed E-state index contributed by atoms with van der Waals surface area (Å²) in [6.07, 6.45) is 0. The molecule has 12 rings (SSSR count). The molecule has 5 heteroatoms. The molecule has 0 aliphatic carbocycles. The van der Waals surface area contributed by atoms with Crippen molar-refractivity contribution in [2.45, 2.75) is 0 Å². The van der Waals surface area contributed by atoms with Gasteiger partial charge in [-0.2, -0.15) is 0 Å². The normalized spacial score (nSPS) is 11.9. The summed E-state index contributed by atoms with van der Waals surface area (Å²) in [6.45, 7) is 0. The molecule has 0 radical (unpaired) electrons. The minimum atomic E-state index is 0.593. The highest BCUT2D eigenvalue weighted by Gasteiger charge is 2.19. The molecule has 0 aliphatic rings. The van der Waals surface area contributed by atoms with Crippen LogP contribution in [-0.4, -0.2) is 15.0 Å². The molecule has 0 N–H and O–H groups in total. The molecule has 0 aliphatic heterocycles. The van der Waals surface area contributed by atoms with Crippen molar-refractivity contribution in [3.63, 3.8) is 0 Å². The maximum absolute atomic E-state index is 6.29. The van der Waals surface area contributed by atoms with Gasteiger partial charge in [-0.05, 0) is 85.9 Å². The number of rotatable bonds is 4. The number of hydrogen-bond acceptors (Lipinski definition) is 5. The molecule has 260 valence electrons. The zero-order valence-electron chi connectivity index (χ0n) is 29.9. The van der Waals surface area contributed by atoms with Crippen molar-refractivity contribution in [1.82, 2.24) is 15.0 Å². The van der Waals surface area contributed by atoms with E-state index >= 15 is 0 Å². The maximum Gasteiger partial charge on any atom is 0.164 e. The van der Waals surface area contributed by atoms with Crippen LogP contribution in [0.15, 0.2) is 185 Å². The van der Waals surface area contributed by atoms with E-state index in [0.29, 0.717) is 17.5 Å². The van der Waals surface area contributed by atoms with Crippen LogP contribution in [0, 0.1) is 0 Å². The van der Waals surface area contributed by atoms with Crippen LogP contribution in [0.1, 0.15) is 0 Å². The molecule has 0 fully saturated rings. The van der Waals surface area contributed by atoms with Gasteiger partial charge in [-0.25, -0.2) is 15.0 Å². The van der Waals surface area contributed by atoms with E-state index in [1.54, 1.807) is 0 Å². The van der Waals surface area contributed by atoms with Gasteiger partial charge in [-0.15, -0.1) is 0 Å².